The number of aryl methyl sites for hydroxylation is 1. The van der Waals surface area contributed by atoms with Crippen LogP contribution in [0.2, 0.25) is 0 Å². The van der Waals surface area contributed by atoms with Crippen LogP contribution in [0.1, 0.15) is 42.1 Å². The fourth-order valence-corrected chi connectivity index (χ4v) is 2.33. The van der Waals surface area contributed by atoms with Crippen LogP contribution in [-0.4, -0.2) is 23.5 Å². The molecule has 1 heterocycles. The average molecular weight is 253 g/mol. The van der Waals surface area contributed by atoms with Gasteiger partial charge in [-0.05, 0) is 25.7 Å². The molecule has 4 nitrogen and oxygen atoms in total. The molecule has 1 aliphatic rings. The first-order valence-electron chi connectivity index (χ1n) is 6.08. The number of nitrogens with zero attached hydrogens (tertiary/aromatic N) is 1. The number of hydrogen-bond donors (Lipinski definition) is 2. The SMILES string of the molecule is Cc1nc(NCC(C)C)sc1C(=O)NC1CC1. The quantitative estimate of drug-likeness (QED) is 0.847. The van der Waals surface area contributed by atoms with Crippen LogP contribution < -0.4 is 10.6 Å². The number of anilines is 1. The maximum atomic E-state index is 11.9. The zero-order valence-electron chi connectivity index (χ0n) is 10.5. The standard InChI is InChI=1S/C12H19N3OS/c1-7(2)6-13-12-14-8(3)10(17-12)11(16)15-9-4-5-9/h7,9H,4-6H2,1-3H3,(H,13,14)(H,15,16). The third-order valence-electron chi connectivity index (χ3n) is 2.58. The summed E-state index contributed by atoms with van der Waals surface area (Å²) in [7, 11) is 0. The van der Waals surface area contributed by atoms with E-state index >= 15 is 0 Å². The van der Waals surface area contributed by atoms with Gasteiger partial charge in [0, 0.05) is 12.6 Å². The van der Waals surface area contributed by atoms with Gasteiger partial charge in [-0.15, -0.1) is 0 Å². The van der Waals surface area contributed by atoms with Crippen molar-refractivity contribution in [2.75, 3.05) is 11.9 Å². The lowest BCUT2D eigenvalue weighted by atomic mass is 10.2. The molecule has 94 valence electrons. The molecule has 0 spiro atoms. The molecule has 2 N–H and O–H groups in total. The van der Waals surface area contributed by atoms with Gasteiger partial charge in [-0.1, -0.05) is 25.2 Å². The first-order valence-corrected chi connectivity index (χ1v) is 6.90. The summed E-state index contributed by atoms with van der Waals surface area (Å²) in [5, 5.41) is 7.09. The summed E-state index contributed by atoms with van der Waals surface area (Å²) >= 11 is 1.45. The highest BCUT2D eigenvalue weighted by Gasteiger charge is 2.25. The third kappa shape index (κ3) is 3.43. The van der Waals surface area contributed by atoms with Crippen molar-refractivity contribution < 1.29 is 4.79 Å². The van der Waals surface area contributed by atoms with Crippen molar-refractivity contribution in [3.8, 4) is 0 Å². The molecule has 5 heteroatoms. The van der Waals surface area contributed by atoms with Crippen molar-refractivity contribution in [3.63, 3.8) is 0 Å². The number of amides is 1. The van der Waals surface area contributed by atoms with E-state index in [1.54, 1.807) is 0 Å². The van der Waals surface area contributed by atoms with Crippen LogP contribution in [0.4, 0.5) is 5.13 Å². The van der Waals surface area contributed by atoms with Gasteiger partial charge in [-0.25, -0.2) is 4.98 Å². The van der Waals surface area contributed by atoms with Crippen molar-refractivity contribution in [2.24, 2.45) is 5.92 Å². The average Bonchev–Trinajstić information content (AvgIpc) is 2.97. The summed E-state index contributed by atoms with van der Waals surface area (Å²) in [5.74, 6) is 0.600. The van der Waals surface area contributed by atoms with E-state index in [1.165, 1.54) is 11.3 Å². The number of hydrogen-bond acceptors (Lipinski definition) is 4. The van der Waals surface area contributed by atoms with Gasteiger partial charge in [0.15, 0.2) is 5.13 Å². The number of carbonyl (C=O) groups excluding carboxylic acids is 1. The highest BCUT2D eigenvalue weighted by Crippen LogP contribution is 2.25. The minimum Gasteiger partial charge on any atom is -0.361 e. The topological polar surface area (TPSA) is 54.0 Å². The van der Waals surface area contributed by atoms with Crippen LogP contribution in [0.5, 0.6) is 0 Å². The molecular weight excluding hydrogens is 234 g/mol. The molecule has 1 aromatic heterocycles. The summed E-state index contributed by atoms with van der Waals surface area (Å²) in [6, 6.07) is 0.399. The summed E-state index contributed by atoms with van der Waals surface area (Å²) < 4.78 is 0. The second kappa shape index (κ2) is 5.04. The van der Waals surface area contributed by atoms with Crippen LogP contribution in [-0.2, 0) is 0 Å². The van der Waals surface area contributed by atoms with Gasteiger partial charge in [0.2, 0.25) is 0 Å². The number of carbonyl (C=O) groups is 1. The number of thiazole rings is 1. The largest absolute Gasteiger partial charge is 0.361 e. The summed E-state index contributed by atoms with van der Waals surface area (Å²) in [6.45, 7) is 7.07. The van der Waals surface area contributed by atoms with E-state index in [0.717, 1.165) is 35.1 Å². The van der Waals surface area contributed by atoms with E-state index in [0.29, 0.717) is 12.0 Å². The smallest absolute Gasteiger partial charge is 0.263 e. The Balaban J connectivity index is 1.99. The number of rotatable bonds is 5. The van der Waals surface area contributed by atoms with Crippen molar-refractivity contribution >= 4 is 22.4 Å². The Hall–Kier alpha value is -1.10. The second-order valence-electron chi connectivity index (χ2n) is 4.96. The lowest BCUT2D eigenvalue weighted by Gasteiger charge is -2.04. The number of nitrogens with one attached hydrogen (secondary N) is 2. The molecule has 1 aromatic rings. The minimum absolute atomic E-state index is 0.0279. The molecule has 0 saturated heterocycles. The predicted octanol–water partition coefficient (Wildman–Crippen LogP) is 2.41. The highest BCUT2D eigenvalue weighted by atomic mass is 32.1. The Bertz CT molecular complexity index is 410. The normalized spacial score (nSPS) is 15.1. The molecule has 17 heavy (non-hydrogen) atoms. The van der Waals surface area contributed by atoms with Crippen LogP contribution >= 0.6 is 11.3 Å². The summed E-state index contributed by atoms with van der Waals surface area (Å²) in [4.78, 5) is 17.0. The van der Waals surface area contributed by atoms with Crippen molar-refractivity contribution in [1.82, 2.24) is 10.3 Å². The molecular formula is C12H19N3OS. The molecule has 1 fully saturated rings. The van der Waals surface area contributed by atoms with E-state index in [2.05, 4.69) is 29.5 Å². The van der Waals surface area contributed by atoms with E-state index in [9.17, 15) is 4.79 Å². The summed E-state index contributed by atoms with van der Waals surface area (Å²) in [6.07, 6.45) is 2.23. The molecule has 1 aliphatic carbocycles. The van der Waals surface area contributed by atoms with Crippen molar-refractivity contribution in [3.05, 3.63) is 10.6 Å². The molecule has 0 radical (unpaired) electrons. The molecule has 2 rings (SSSR count). The van der Waals surface area contributed by atoms with E-state index < -0.39 is 0 Å². The fourth-order valence-electron chi connectivity index (χ4n) is 1.45. The van der Waals surface area contributed by atoms with Crippen LogP contribution in [0.3, 0.4) is 0 Å². The van der Waals surface area contributed by atoms with Gasteiger partial charge in [0.05, 0.1) is 5.69 Å². The zero-order valence-corrected chi connectivity index (χ0v) is 11.4. The third-order valence-corrected chi connectivity index (χ3v) is 3.69. The van der Waals surface area contributed by atoms with Gasteiger partial charge in [-0.3, -0.25) is 4.79 Å². The van der Waals surface area contributed by atoms with Gasteiger partial charge in [0.1, 0.15) is 4.88 Å². The van der Waals surface area contributed by atoms with Crippen LogP contribution in [0, 0.1) is 12.8 Å². The van der Waals surface area contributed by atoms with E-state index in [-0.39, 0.29) is 5.91 Å². The Labute approximate surface area is 106 Å². The summed E-state index contributed by atoms with van der Waals surface area (Å²) in [5.41, 5.74) is 0.819. The molecule has 1 saturated carbocycles. The molecule has 0 bridgehead atoms. The zero-order chi connectivity index (χ0) is 12.4. The highest BCUT2D eigenvalue weighted by molar-refractivity contribution is 7.17. The van der Waals surface area contributed by atoms with Gasteiger partial charge < -0.3 is 10.6 Å². The first kappa shape index (κ1) is 12.4. The van der Waals surface area contributed by atoms with Gasteiger partial charge in [-0.2, -0.15) is 0 Å². The lowest BCUT2D eigenvalue weighted by Crippen LogP contribution is -2.25. The monoisotopic (exact) mass is 253 g/mol. The maximum Gasteiger partial charge on any atom is 0.263 e. The van der Waals surface area contributed by atoms with Gasteiger partial charge >= 0.3 is 0 Å². The molecule has 0 unspecified atom stereocenters. The Morgan fingerprint density at radius 3 is 2.82 bits per heavy atom. The second-order valence-corrected chi connectivity index (χ2v) is 5.96. The van der Waals surface area contributed by atoms with E-state index in [4.69, 9.17) is 0 Å². The van der Waals surface area contributed by atoms with E-state index in [1.807, 2.05) is 6.92 Å². The Morgan fingerprint density at radius 1 is 1.53 bits per heavy atom. The molecule has 1 amide bonds. The van der Waals surface area contributed by atoms with Crippen LogP contribution in [0.15, 0.2) is 0 Å². The first-order chi connectivity index (χ1) is 8.06. The van der Waals surface area contributed by atoms with Crippen LogP contribution in [0.25, 0.3) is 0 Å². The minimum atomic E-state index is 0.0279. The Kier molecular flexibility index (Phi) is 3.66. The predicted molar refractivity (Wildman–Crippen MR) is 70.7 cm³/mol. The van der Waals surface area contributed by atoms with Crippen molar-refractivity contribution in [2.45, 2.75) is 39.7 Å². The molecule has 0 atom stereocenters. The van der Waals surface area contributed by atoms with Gasteiger partial charge in [0.25, 0.3) is 5.91 Å². The maximum absolute atomic E-state index is 11.9. The fraction of sp³-hybridized carbons (Fsp3) is 0.667. The number of aromatic nitrogens is 1. The lowest BCUT2D eigenvalue weighted by molar-refractivity contribution is 0.0954. The van der Waals surface area contributed by atoms with Crippen molar-refractivity contribution in [1.29, 1.82) is 0 Å². The Morgan fingerprint density at radius 2 is 2.24 bits per heavy atom. The molecule has 0 aromatic carbocycles. The molecule has 0 aliphatic heterocycles.